The number of amides is 1. The van der Waals surface area contributed by atoms with Crippen LogP contribution in [-0.2, 0) is 4.79 Å². The van der Waals surface area contributed by atoms with E-state index in [0.717, 1.165) is 25.0 Å². The molecule has 2 unspecified atom stereocenters. The molecule has 0 saturated carbocycles. The van der Waals surface area contributed by atoms with Crippen LogP contribution in [0.15, 0.2) is 18.2 Å². The minimum Gasteiger partial charge on any atom is -0.478 e. The molecule has 4 N–H and O–H groups in total. The van der Waals surface area contributed by atoms with E-state index >= 15 is 0 Å². The third-order valence-electron chi connectivity index (χ3n) is 3.21. The van der Waals surface area contributed by atoms with Gasteiger partial charge in [-0.25, -0.2) is 9.18 Å². The number of carboxylic acid groups (broad SMARTS) is 1. The summed E-state index contributed by atoms with van der Waals surface area (Å²) < 4.78 is 13.3. The van der Waals surface area contributed by atoms with Crippen LogP contribution in [0.1, 0.15) is 43.5 Å². The summed E-state index contributed by atoms with van der Waals surface area (Å²) in [4.78, 5) is 22.8. The van der Waals surface area contributed by atoms with Crippen LogP contribution in [0, 0.1) is 11.7 Å². The van der Waals surface area contributed by atoms with Gasteiger partial charge >= 0.3 is 5.97 Å². The predicted molar refractivity (Wildman–Crippen MR) is 78.7 cm³/mol. The molecule has 0 fully saturated rings. The smallest absolute Gasteiger partial charge is 0.338 e. The number of carboxylic acids is 1. The summed E-state index contributed by atoms with van der Waals surface area (Å²) >= 11 is 0. The van der Waals surface area contributed by atoms with E-state index in [1.165, 1.54) is 6.07 Å². The molecule has 116 valence electrons. The summed E-state index contributed by atoms with van der Waals surface area (Å²) in [5.41, 5.74) is 5.46. The lowest BCUT2D eigenvalue weighted by atomic mass is 10.0. The Kier molecular flexibility index (Phi) is 6.30. The van der Waals surface area contributed by atoms with Crippen LogP contribution in [0.4, 0.5) is 10.1 Å². The Morgan fingerprint density at radius 1 is 1.33 bits per heavy atom. The summed E-state index contributed by atoms with van der Waals surface area (Å²) in [7, 11) is 0. The van der Waals surface area contributed by atoms with Gasteiger partial charge in [0.2, 0.25) is 5.91 Å². The first kappa shape index (κ1) is 17.1. The van der Waals surface area contributed by atoms with E-state index in [4.69, 9.17) is 10.8 Å². The Bertz CT molecular complexity index is 518. The standard InChI is InChI=1S/C15H21FN2O3/c1-9(4-3-5-10(2)17)14(19)18-11-6-7-13(16)12(8-11)15(20)21/h6-10H,3-5,17H2,1-2H3,(H,18,19)(H,20,21). The van der Waals surface area contributed by atoms with E-state index in [9.17, 15) is 14.0 Å². The van der Waals surface area contributed by atoms with Crippen LogP contribution in [-0.4, -0.2) is 23.0 Å². The molecule has 21 heavy (non-hydrogen) atoms. The Morgan fingerprint density at radius 3 is 2.57 bits per heavy atom. The van der Waals surface area contributed by atoms with Gasteiger partial charge in [-0.2, -0.15) is 0 Å². The van der Waals surface area contributed by atoms with Crippen LogP contribution in [0.25, 0.3) is 0 Å². The maximum Gasteiger partial charge on any atom is 0.338 e. The molecule has 0 spiro atoms. The fourth-order valence-corrected chi connectivity index (χ4v) is 1.91. The molecule has 2 atom stereocenters. The summed E-state index contributed by atoms with van der Waals surface area (Å²) in [5.74, 6) is -2.64. The van der Waals surface area contributed by atoms with Gasteiger partial charge in [0.05, 0.1) is 5.56 Å². The number of halogens is 1. The van der Waals surface area contributed by atoms with Gasteiger partial charge in [0, 0.05) is 17.6 Å². The Hall–Kier alpha value is -1.95. The van der Waals surface area contributed by atoms with Gasteiger partial charge in [-0.05, 0) is 38.0 Å². The predicted octanol–water partition coefficient (Wildman–Crippen LogP) is 2.62. The Morgan fingerprint density at radius 2 is 2.00 bits per heavy atom. The average Bonchev–Trinajstić information content (AvgIpc) is 2.40. The monoisotopic (exact) mass is 296 g/mol. The van der Waals surface area contributed by atoms with Crippen LogP contribution in [0.5, 0.6) is 0 Å². The molecule has 0 bridgehead atoms. The topological polar surface area (TPSA) is 92.4 Å². The number of carbonyl (C=O) groups is 2. The number of nitrogens with one attached hydrogen (secondary N) is 1. The molecule has 0 saturated heterocycles. The first-order chi connectivity index (χ1) is 9.81. The van der Waals surface area contributed by atoms with Crippen molar-refractivity contribution in [1.29, 1.82) is 0 Å². The van der Waals surface area contributed by atoms with Crippen molar-refractivity contribution in [2.24, 2.45) is 11.7 Å². The van der Waals surface area contributed by atoms with Crippen molar-refractivity contribution in [1.82, 2.24) is 0 Å². The Balaban J connectivity index is 2.62. The van der Waals surface area contributed by atoms with Crippen molar-refractivity contribution in [3.05, 3.63) is 29.6 Å². The minimum atomic E-state index is -1.37. The number of carbonyl (C=O) groups excluding carboxylic acids is 1. The molecule has 1 aromatic carbocycles. The maximum absolute atomic E-state index is 13.3. The van der Waals surface area contributed by atoms with Crippen molar-refractivity contribution in [2.45, 2.75) is 39.2 Å². The van der Waals surface area contributed by atoms with Crippen molar-refractivity contribution in [3.8, 4) is 0 Å². The fraction of sp³-hybridized carbons (Fsp3) is 0.467. The van der Waals surface area contributed by atoms with Gasteiger partial charge in [0.1, 0.15) is 5.82 Å². The number of anilines is 1. The van der Waals surface area contributed by atoms with Crippen molar-refractivity contribution >= 4 is 17.6 Å². The second-order valence-corrected chi connectivity index (χ2v) is 5.30. The zero-order chi connectivity index (χ0) is 16.0. The number of hydrogen-bond donors (Lipinski definition) is 3. The molecule has 0 aliphatic carbocycles. The third kappa shape index (κ3) is 5.51. The molecule has 6 heteroatoms. The van der Waals surface area contributed by atoms with Gasteiger partial charge in [0.15, 0.2) is 0 Å². The highest BCUT2D eigenvalue weighted by molar-refractivity contribution is 5.94. The molecule has 1 amide bonds. The van der Waals surface area contributed by atoms with Gasteiger partial charge < -0.3 is 16.2 Å². The van der Waals surface area contributed by atoms with E-state index in [2.05, 4.69) is 5.32 Å². The zero-order valence-corrected chi connectivity index (χ0v) is 12.2. The number of nitrogens with two attached hydrogens (primary N) is 1. The quantitative estimate of drug-likeness (QED) is 0.721. The lowest BCUT2D eigenvalue weighted by molar-refractivity contribution is -0.119. The third-order valence-corrected chi connectivity index (χ3v) is 3.21. The molecule has 0 aliphatic rings. The fourth-order valence-electron chi connectivity index (χ4n) is 1.91. The minimum absolute atomic E-state index is 0.107. The van der Waals surface area contributed by atoms with Crippen molar-refractivity contribution < 1.29 is 19.1 Å². The van der Waals surface area contributed by atoms with E-state index in [0.29, 0.717) is 6.42 Å². The van der Waals surface area contributed by atoms with Gasteiger partial charge in [-0.15, -0.1) is 0 Å². The first-order valence-electron chi connectivity index (χ1n) is 6.90. The van der Waals surface area contributed by atoms with Crippen molar-refractivity contribution in [3.63, 3.8) is 0 Å². The normalized spacial score (nSPS) is 13.5. The number of aromatic carboxylic acids is 1. The van der Waals surface area contributed by atoms with Gasteiger partial charge in [-0.3, -0.25) is 4.79 Å². The second-order valence-electron chi connectivity index (χ2n) is 5.30. The zero-order valence-electron chi connectivity index (χ0n) is 12.2. The summed E-state index contributed by atoms with van der Waals surface area (Å²) in [6, 6.07) is 3.59. The van der Waals surface area contributed by atoms with Crippen LogP contribution in [0.2, 0.25) is 0 Å². The highest BCUT2D eigenvalue weighted by Gasteiger charge is 2.15. The molecule has 1 rings (SSSR count). The van der Waals surface area contributed by atoms with Gasteiger partial charge in [0.25, 0.3) is 0 Å². The first-order valence-corrected chi connectivity index (χ1v) is 6.90. The highest BCUT2D eigenvalue weighted by atomic mass is 19.1. The molecule has 5 nitrogen and oxygen atoms in total. The molecule has 0 aliphatic heterocycles. The van der Waals surface area contributed by atoms with Gasteiger partial charge in [-0.1, -0.05) is 13.3 Å². The molecule has 1 aromatic rings. The maximum atomic E-state index is 13.3. The van der Waals surface area contributed by atoms with Crippen LogP contribution < -0.4 is 11.1 Å². The average molecular weight is 296 g/mol. The summed E-state index contributed by atoms with van der Waals surface area (Å²) in [6.07, 6.45) is 2.38. The largest absolute Gasteiger partial charge is 0.478 e. The molecule has 0 heterocycles. The molecule has 0 radical (unpaired) electrons. The van der Waals surface area contributed by atoms with Crippen LogP contribution in [0.3, 0.4) is 0 Å². The summed E-state index contributed by atoms with van der Waals surface area (Å²) in [5, 5.41) is 11.4. The SMILES string of the molecule is CC(N)CCCC(C)C(=O)Nc1ccc(F)c(C(=O)O)c1. The number of hydrogen-bond acceptors (Lipinski definition) is 3. The summed E-state index contributed by atoms with van der Waals surface area (Å²) in [6.45, 7) is 3.70. The van der Waals surface area contributed by atoms with E-state index in [1.54, 1.807) is 6.92 Å². The number of benzene rings is 1. The lowest BCUT2D eigenvalue weighted by Crippen LogP contribution is -2.21. The Labute approximate surface area is 123 Å². The number of rotatable bonds is 7. The lowest BCUT2D eigenvalue weighted by Gasteiger charge is -2.13. The van der Waals surface area contributed by atoms with Crippen molar-refractivity contribution in [2.75, 3.05) is 5.32 Å². The molecule has 0 aromatic heterocycles. The van der Waals surface area contributed by atoms with Crippen LogP contribution >= 0.6 is 0 Å². The molecular weight excluding hydrogens is 275 g/mol. The second kappa shape index (κ2) is 7.73. The van der Waals surface area contributed by atoms with E-state index in [-0.39, 0.29) is 23.6 Å². The van der Waals surface area contributed by atoms with E-state index < -0.39 is 17.3 Å². The molecular formula is C15H21FN2O3. The van der Waals surface area contributed by atoms with E-state index in [1.807, 2.05) is 6.92 Å². The highest BCUT2D eigenvalue weighted by Crippen LogP contribution is 2.17.